The van der Waals surface area contributed by atoms with Crippen LogP contribution in [-0.2, 0) is 12.8 Å². The summed E-state index contributed by atoms with van der Waals surface area (Å²) in [6.07, 6.45) is 1.57. The first-order valence-corrected chi connectivity index (χ1v) is 8.56. The first kappa shape index (κ1) is 15.4. The van der Waals surface area contributed by atoms with Crippen LogP contribution in [0.1, 0.15) is 11.1 Å². The van der Waals surface area contributed by atoms with Gasteiger partial charge in [-0.15, -0.1) is 0 Å². The van der Waals surface area contributed by atoms with Crippen molar-refractivity contribution >= 4 is 10.9 Å². The molecule has 122 valence electrons. The molecule has 0 radical (unpaired) electrons. The molecular formula is C23H19NO. The van der Waals surface area contributed by atoms with Crippen molar-refractivity contribution in [2.45, 2.75) is 12.8 Å². The monoisotopic (exact) mass is 325 g/mol. The number of aryl methyl sites for hydroxylation is 1. The van der Waals surface area contributed by atoms with Crippen molar-refractivity contribution in [3.8, 4) is 11.1 Å². The summed E-state index contributed by atoms with van der Waals surface area (Å²) in [5.74, 6) is 0. The average molecular weight is 325 g/mol. The van der Waals surface area contributed by atoms with E-state index >= 15 is 0 Å². The maximum absolute atomic E-state index is 12.8. The summed E-state index contributed by atoms with van der Waals surface area (Å²) in [6, 6.07) is 28.5. The van der Waals surface area contributed by atoms with E-state index in [9.17, 15) is 4.79 Å². The van der Waals surface area contributed by atoms with Crippen LogP contribution in [0.2, 0.25) is 0 Å². The molecule has 0 bridgehead atoms. The minimum absolute atomic E-state index is 0.00786. The standard InChI is InChI=1S/C23H19NO/c25-23-20(16-15-17-9-3-1-4-10-17)22(18-11-5-2-6-12-18)19-13-7-8-14-21(19)24-23/h1-14H,15-16H2,(H,24,25). The Morgan fingerprint density at radius 2 is 1.32 bits per heavy atom. The van der Waals surface area contributed by atoms with Crippen LogP contribution in [0.15, 0.2) is 89.7 Å². The molecule has 0 atom stereocenters. The summed E-state index contributed by atoms with van der Waals surface area (Å²) in [5.41, 5.74) is 5.13. The molecule has 0 saturated heterocycles. The largest absolute Gasteiger partial charge is 0.322 e. The predicted octanol–water partition coefficient (Wildman–Crippen LogP) is 4.98. The Bertz CT molecular complexity index is 1050. The maximum Gasteiger partial charge on any atom is 0.252 e. The number of rotatable bonds is 4. The predicted molar refractivity (Wildman–Crippen MR) is 104 cm³/mol. The Morgan fingerprint density at radius 1 is 0.680 bits per heavy atom. The number of fused-ring (bicyclic) bond motifs is 1. The Labute approximate surface area is 146 Å². The molecule has 2 heteroatoms. The SMILES string of the molecule is O=c1[nH]c2ccccc2c(-c2ccccc2)c1CCc1ccccc1. The molecule has 1 aromatic heterocycles. The van der Waals surface area contributed by atoms with Crippen LogP contribution in [-0.4, -0.2) is 4.98 Å². The molecule has 0 fully saturated rings. The Balaban J connectivity index is 1.88. The number of pyridine rings is 1. The first-order chi connectivity index (χ1) is 12.3. The van der Waals surface area contributed by atoms with Crippen LogP contribution in [0, 0.1) is 0 Å². The zero-order valence-corrected chi connectivity index (χ0v) is 13.9. The van der Waals surface area contributed by atoms with Gasteiger partial charge in [-0.05, 0) is 35.6 Å². The van der Waals surface area contributed by atoms with E-state index in [1.54, 1.807) is 0 Å². The Morgan fingerprint density at radius 3 is 2.08 bits per heavy atom. The second-order valence-electron chi connectivity index (χ2n) is 6.20. The highest BCUT2D eigenvalue weighted by Gasteiger charge is 2.14. The quantitative estimate of drug-likeness (QED) is 0.564. The van der Waals surface area contributed by atoms with Gasteiger partial charge in [-0.2, -0.15) is 0 Å². The Hall–Kier alpha value is -3.13. The highest BCUT2D eigenvalue weighted by atomic mass is 16.1. The topological polar surface area (TPSA) is 32.9 Å². The smallest absolute Gasteiger partial charge is 0.252 e. The van der Waals surface area contributed by atoms with Gasteiger partial charge in [-0.1, -0.05) is 78.9 Å². The van der Waals surface area contributed by atoms with Gasteiger partial charge in [0.25, 0.3) is 5.56 Å². The third-order valence-electron chi connectivity index (χ3n) is 4.59. The van der Waals surface area contributed by atoms with E-state index in [-0.39, 0.29) is 5.56 Å². The molecule has 2 nitrogen and oxygen atoms in total. The van der Waals surface area contributed by atoms with Gasteiger partial charge in [-0.3, -0.25) is 4.79 Å². The number of H-pyrrole nitrogens is 1. The zero-order chi connectivity index (χ0) is 17.1. The zero-order valence-electron chi connectivity index (χ0n) is 13.9. The highest BCUT2D eigenvalue weighted by molar-refractivity contribution is 5.95. The molecule has 0 unspecified atom stereocenters. The minimum Gasteiger partial charge on any atom is -0.322 e. The summed E-state index contributed by atoms with van der Waals surface area (Å²) in [5, 5.41) is 1.09. The molecule has 4 aromatic rings. The summed E-state index contributed by atoms with van der Waals surface area (Å²) in [6.45, 7) is 0. The summed E-state index contributed by atoms with van der Waals surface area (Å²) in [7, 11) is 0. The summed E-state index contributed by atoms with van der Waals surface area (Å²) >= 11 is 0. The number of benzene rings is 3. The van der Waals surface area contributed by atoms with Gasteiger partial charge < -0.3 is 4.98 Å². The van der Waals surface area contributed by atoms with E-state index in [0.717, 1.165) is 34.0 Å². The molecule has 0 aliphatic heterocycles. The van der Waals surface area contributed by atoms with E-state index in [2.05, 4.69) is 35.3 Å². The first-order valence-electron chi connectivity index (χ1n) is 8.56. The Kier molecular flexibility index (Phi) is 4.17. The lowest BCUT2D eigenvalue weighted by Crippen LogP contribution is -2.15. The van der Waals surface area contributed by atoms with Crippen molar-refractivity contribution in [3.63, 3.8) is 0 Å². The minimum atomic E-state index is 0.00786. The van der Waals surface area contributed by atoms with Crippen molar-refractivity contribution in [3.05, 3.63) is 106 Å². The lowest BCUT2D eigenvalue weighted by molar-refractivity contribution is 0.942. The number of hydrogen-bond donors (Lipinski definition) is 1. The van der Waals surface area contributed by atoms with Crippen molar-refractivity contribution in [2.24, 2.45) is 0 Å². The fourth-order valence-electron chi connectivity index (χ4n) is 3.37. The second-order valence-corrected chi connectivity index (χ2v) is 6.20. The lowest BCUT2D eigenvalue weighted by atomic mass is 9.93. The van der Waals surface area contributed by atoms with Crippen LogP contribution < -0.4 is 5.56 Å². The van der Waals surface area contributed by atoms with Gasteiger partial charge in [0.1, 0.15) is 0 Å². The van der Waals surface area contributed by atoms with Gasteiger partial charge in [-0.25, -0.2) is 0 Å². The van der Waals surface area contributed by atoms with Crippen molar-refractivity contribution in [1.29, 1.82) is 0 Å². The van der Waals surface area contributed by atoms with Gasteiger partial charge in [0, 0.05) is 16.5 Å². The van der Waals surface area contributed by atoms with Crippen LogP contribution in [0.5, 0.6) is 0 Å². The molecule has 0 aliphatic rings. The molecule has 3 aromatic carbocycles. The number of hydrogen-bond acceptors (Lipinski definition) is 1. The normalized spacial score (nSPS) is 10.9. The third kappa shape index (κ3) is 3.11. The maximum atomic E-state index is 12.8. The van der Waals surface area contributed by atoms with E-state index in [4.69, 9.17) is 0 Å². The molecule has 1 heterocycles. The van der Waals surface area contributed by atoms with E-state index in [0.29, 0.717) is 6.42 Å². The van der Waals surface area contributed by atoms with Crippen LogP contribution in [0.25, 0.3) is 22.0 Å². The molecule has 0 spiro atoms. The van der Waals surface area contributed by atoms with Crippen molar-refractivity contribution in [1.82, 2.24) is 4.98 Å². The molecule has 0 saturated carbocycles. The second kappa shape index (κ2) is 6.78. The van der Waals surface area contributed by atoms with Crippen LogP contribution in [0.4, 0.5) is 0 Å². The van der Waals surface area contributed by atoms with Crippen LogP contribution >= 0.6 is 0 Å². The number of para-hydroxylation sites is 1. The molecule has 1 N–H and O–H groups in total. The fourth-order valence-corrected chi connectivity index (χ4v) is 3.37. The summed E-state index contributed by atoms with van der Waals surface area (Å²) < 4.78 is 0. The number of nitrogens with one attached hydrogen (secondary N) is 1. The van der Waals surface area contributed by atoms with E-state index in [1.165, 1.54) is 5.56 Å². The lowest BCUT2D eigenvalue weighted by Gasteiger charge is -2.13. The summed E-state index contributed by atoms with van der Waals surface area (Å²) in [4.78, 5) is 15.8. The number of aromatic nitrogens is 1. The molecule has 0 aliphatic carbocycles. The van der Waals surface area contributed by atoms with Gasteiger partial charge in [0.05, 0.1) is 0 Å². The van der Waals surface area contributed by atoms with Gasteiger partial charge in [0.2, 0.25) is 0 Å². The van der Waals surface area contributed by atoms with Gasteiger partial charge >= 0.3 is 0 Å². The molecular weight excluding hydrogens is 306 g/mol. The van der Waals surface area contributed by atoms with E-state index < -0.39 is 0 Å². The molecule has 25 heavy (non-hydrogen) atoms. The van der Waals surface area contributed by atoms with Crippen molar-refractivity contribution in [2.75, 3.05) is 0 Å². The molecule has 4 rings (SSSR count). The van der Waals surface area contributed by atoms with E-state index in [1.807, 2.05) is 54.6 Å². The van der Waals surface area contributed by atoms with Crippen LogP contribution in [0.3, 0.4) is 0 Å². The van der Waals surface area contributed by atoms with Gasteiger partial charge in [0.15, 0.2) is 0 Å². The van der Waals surface area contributed by atoms with Crippen molar-refractivity contribution < 1.29 is 0 Å². The highest BCUT2D eigenvalue weighted by Crippen LogP contribution is 2.30. The molecule has 0 amide bonds. The average Bonchev–Trinajstić information content (AvgIpc) is 2.67. The third-order valence-corrected chi connectivity index (χ3v) is 4.59. The fraction of sp³-hybridized carbons (Fsp3) is 0.0870. The number of aromatic amines is 1.